The lowest BCUT2D eigenvalue weighted by Crippen LogP contribution is -2.44. The van der Waals surface area contributed by atoms with Crippen LogP contribution >= 0.6 is 23.1 Å². The fraction of sp³-hybridized carbons (Fsp3) is 0.652. The number of imide groups is 1. The number of likely N-dealkylation sites (tertiary alicyclic amines) is 1. The van der Waals surface area contributed by atoms with E-state index in [1.165, 1.54) is 23.1 Å². The van der Waals surface area contributed by atoms with Crippen LogP contribution in [0.1, 0.15) is 59.3 Å². The molecule has 1 saturated heterocycles. The van der Waals surface area contributed by atoms with Gasteiger partial charge in [0.25, 0.3) is 0 Å². The Labute approximate surface area is 208 Å². The Kier molecular flexibility index (Phi) is 8.09. The van der Waals surface area contributed by atoms with Crippen molar-refractivity contribution in [2.75, 3.05) is 24.2 Å². The molecule has 0 saturated carbocycles. The van der Waals surface area contributed by atoms with Crippen molar-refractivity contribution in [1.29, 1.82) is 0 Å². The molecule has 34 heavy (non-hydrogen) atoms. The van der Waals surface area contributed by atoms with Gasteiger partial charge in [0, 0.05) is 24.5 Å². The Bertz CT molecular complexity index is 1010. The summed E-state index contributed by atoms with van der Waals surface area (Å²) in [7, 11) is 0. The maximum atomic E-state index is 13.5. The van der Waals surface area contributed by atoms with Crippen molar-refractivity contribution < 1.29 is 23.5 Å². The van der Waals surface area contributed by atoms with Gasteiger partial charge in [0.05, 0.1) is 5.39 Å². The van der Waals surface area contributed by atoms with Crippen LogP contribution in [0.15, 0.2) is 11.2 Å². The number of thiophene rings is 1. The highest BCUT2D eigenvalue weighted by molar-refractivity contribution is 7.98. The highest BCUT2D eigenvalue weighted by Gasteiger charge is 2.35. The van der Waals surface area contributed by atoms with E-state index in [4.69, 9.17) is 9.47 Å². The molecule has 0 radical (unpaired) electrons. The van der Waals surface area contributed by atoms with Crippen molar-refractivity contribution in [2.24, 2.45) is 0 Å². The van der Waals surface area contributed by atoms with Crippen molar-refractivity contribution in [3.05, 3.63) is 10.9 Å². The van der Waals surface area contributed by atoms with Gasteiger partial charge in [-0.15, -0.1) is 11.3 Å². The minimum atomic E-state index is -0.869. The summed E-state index contributed by atoms with van der Waals surface area (Å²) in [5.74, 6) is 0.128. The molecule has 3 rings (SSSR count). The zero-order valence-electron chi connectivity index (χ0n) is 20.8. The summed E-state index contributed by atoms with van der Waals surface area (Å²) in [6.45, 7) is 12.4. The molecule has 8 nitrogen and oxygen atoms in total. The van der Waals surface area contributed by atoms with Gasteiger partial charge in [-0.2, -0.15) is 4.90 Å². The molecule has 0 bridgehead atoms. The highest BCUT2D eigenvalue weighted by atomic mass is 32.2. The number of thioether (sulfide) groups is 1. The van der Waals surface area contributed by atoms with E-state index in [1.807, 2.05) is 12.3 Å². The van der Waals surface area contributed by atoms with Crippen LogP contribution in [0.4, 0.5) is 19.8 Å². The standard InChI is InChI=1S/C23H33FN4O4S2/c1-22(2,3)31-20(29)28(21(30)32-23(4,5)6)17-16-12-15(13-27-10-8-14(24)9-11-27)34-18(16)26-19(25-17)33-7/h12,14H,8-11,13H2,1-7H3. The Morgan fingerprint density at radius 1 is 1.12 bits per heavy atom. The number of aromatic nitrogens is 2. The predicted octanol–water partition coefficient (Wildman–Crippen LogP) is 6.02. The fourth-order valence-electron chi connectivity index (χ4n) is 3.42. The van der Waals surface area contributed by atoms with Gasteiger partial charge in [-0.25, -0.2) is 23.9 Å². The van der Waals surface area contributed by atoms with Gasteiger partial charge in [-0.3, -0.25) is 4.90 Å². The molecular weight excluding hydrogens is 479 g/mol. The van der Waals surface area contributed by atoms with Crippen molar-refractivity contribution in [2.45, 2.75) is 83.5 Å². The van der Waals surface area contributed by atoms with E-state index in [9.17, 15) is 14.0 Å². The smallest absolute Gasteiger partial charge is 0.425 e. The van der Waals surface area contributed by atoms with Crippen LogP contribution in [-0.2, 0) is 16.0 Å². The number of hydrogen-bond acceptors (Lipinski definition) is 9. The molecule has 2 aromatic heterocycles. The number of ether oxygens (including phenoxy) is 2. The molecule has 0 spiro atoms. The zero-order chi connectivity index (χ0) is 25.3. The van der Waals surface area contributed by atoms with E-state index < -0.39 is 29.6 Å². The first kappa shape index (κ1) is 26.6. The van der Waals surface area contributed by atoms with Crippen LogP contribution in [-0.4, -0.2) is 63.8 Å². The van der Waals surface area contributed by atoms with E-state index in [-0.39, 0.29) is 5.82 Å². The van der Waals surface area contributed by atoms with Gasteiger partial charge in [0.1, 0.15) is 22.2 Å². The van der Waals surface area contributed by atoms with E-state index in [1.54, 1.807) is 41.5 Å². The zero-order valence-corrected chi connectivity index (χ0v) is 22.4. The van der Waals surface area contributed by atoms with Crippen molar-refractivity contribution >= 4 is 51.3 Å². The second kappa shape index (κ2) is 10.3. The minimum Gasteiger partial charge on any atom is -0.443 e. The summed E-state index contributed by atoms with van der Waals surface area (Å²) in [6, 6.07) is 1.89. The number of rotatable bonds is 4. The topological polar surface area (TPSA) is 84.9 Å². The molecule has 1 aliphatic heterocycles. The average molecular weight is 513 g/mol. The van der Waals surface area contributed by atoms with Gasteiger partial charge in [0.2, 0.25) is 0 Å². The molecule has 0 atom stereocenters. The van der Waals surface area contributed by atoms with Crippen molar-refractivity contribution in [3.63, 3.8) is 0 Å². The van der Waals surface area contributed by atoms with Crippen molar-refractivity contribution in [1.82, 2.24) is 14.9 Å². The number of fused-ring (bicyclic) bond motifs is 1. The van der Waals surface area contributed by atoms with E-state index in [0.29, 0.717) is 47.8 Å². The molecule has 1 fully saturated rings. The van der Waals surface area contributed by atoms with Crippen LogP contribution in [0.25, 0.3) is 10.2 Å². The summed E-state index contributed by atoms with van der Waals surface area (Å²) in [5.41, 5.74) is -1.65. The lowest BCUT2D eigenvalue weighted by molar-refractivity contribution is 0.0429. The maximum Gasteiger partial charge on any atom is 0.425 e. The van der Waals surface area contributed by atoms with Gasteiger partial charge in [-0.05, 0) is 66.7 Å². The van der Waals surface area contributed by atoms with Crippen LogP contribution in [0, 0.1) is 0 Å². The Balaban J connectivity index is 2.04. The van der Waals surface area contributed by atoms with E-state index in [0.717, 1.165) is 9.78 Å². The number of carbonyl (C=O) groups is 2. The summed E-state index contributed by atoms with van der Waals surface area (Å²) < 4.78 is 24.6. The second-order valence-corrected chi connectivity index (χ2v) is 12.1. The molecular formula is C23H33FN4O4S2. The largest absolute Gasteiger partial charge is 0.443 e. The van der Waals surface area contributed by atoms with Crippen molar-refractivity contribution in [3.8, 4) is 0 Å². The summed E-state index contributed by atoms with van der Waals surface area (Å²) >= 11 is 2.78. The molecule has 0 aromatic carbocycles. The number of alkyl halides is 1. The van der Waals surface area contributed by atoms with E-state index in [2.05, 4.69) is 14.9 Å². The number of halogens is 1. The number of carbonyl (C=O) groups excluding carboxylic acids is 2. The van der Waals surface area contributed by atoms with Crippen LogP contribution in [0.5, 0.6) is 0 Å². The number of amides is 2. The molecule has 2 amide bonds. The third-order valence-electron chi connectivity index (χ3n) is 4.85. The first-order chi connectivity index (χ1) is 15.8. The fourth-order valence-corrected chi connectivity index (χ4v) is 4.90. The molecule has 0 unspecified atom stereocenters. The quantitative estimate of drug-likeness (QED) is 0.363. The molecule has 11 heteroatoms. The minimum absolute atomic E-state index is 0.128. The Hall–Kier alpha value is -1.98. The number of hydrogen-bond donors (Lipinski definition) is 0. The van der Waals surface area contributed by atoms with Crippen LogP contribution in [0.2, 0.25) is 0 Å². The normalized spacial score (nSPS) is 16.0. The van der Waals surface area contributed by atoms with Gasteiger partial charge in [0.15, 0.2) is 11.0 Å². The average Bonchev–Trinajstić information content (AvgIpc) is 3.09. The monoisotopic (exact) mass is 512 g/mol. The SMILES string of the molecule is CSc1nc(N(C(=O)OC(C)(C)C)C(=O)OC(C)(C)C)c2cc(CN3CCC(F)CC3)sc2n1. The van der Waals surface area contributed by atoms with E-state index >= 15 is 0 Å². The predicted molar refractivity (Wildman–Crippen MR) is 134 cm³/mol. The molecule has 188 valence electrons. The summed E-state index contributed by atoms with van der Waals surface area (Å²) in [5, 5.41) is 0.987. The first-order valence-electron chi connectivity index (χ1n) is 11.2. The third-order valence-corrected chi connectivity index (χ3v) is 6.41. The Morgan fingerprint density at radius 2 is 1.68 bits per heavy atom. The number of anilines is 1. The van der Waals surface area contributed by atoms with Gasteiger partial charge >= 0.3 is 12.2 Å². The third kappa shape index (κ3) is 7.02. The molecule has 2 aromatic rings. The summed E-state index contributed by atoms with van der Waals surface area (Å²) in [4.78, 5) is 40.2. The number of piperidine rings is 1. The van der Waals surface area contributed by atoms with Gasteiger partial charge in [-0.1, -0.05) is 11.8 Å². The molecule has 0 aliphatic carbocycles. The highest BCUT2D eigenvalue weighted by Crippen LogP contribution is 2.35. The summed E-state index contributed by atoms with van der Waals surface area (Å²) in [6.07, 6.45) is 0.399. The Morgan fingerprint density at radius 3 is 2.18 bits per heavy atom. The second-order valence-electron chi connectivity index (χ2n) is 10.2. The molecule has 3 heterocycles. The first-order valence-corrected chi connectivity index (χ1v) is 13.3. The molecule has 1 aliphatic rings. The van der Waals surface area contributed by atoms with Crippen LogP contribution < -0.4 is 4.90 Å². The lowest BCUT2D eigenvalue weighted by Gasteiger charge is -2.28. The lowest BCUT2D eigenvalue weighted by atomic mass is 10.1. The number of nitrogens with zero attached hydrogens (tertiary/aromatic N) is 4. The maximum absolute atomic E-state index is 13.5. The van der Waals surface area contributed by atoms with Crippen LogP contribution in [0.3, 0.4) is 0 Å². The van der Waals surface area contributed by atoms with Gasteiger partial charge < -0.3 is 9.47 Å². The molecule has 0 N–H and O–H groups in total.